The second-order valence-corrected chi connectivity index (χ2v) is 3.84. The van der Waals surface area contributed by atoms with Gasteiger partial charge in [0.05, 0.1) is 12.5 Å². The van der Waals surface area contributed by atoms with Gasteiger partial charge in [-0.1, -0.05) is 13.8 Å². The van der Waals surface area contributed by atoms with Crippen LogP contribution in [0.4, 0.5) is 0 Å². The lowest BCUT2D eigenvalue weighted by Gasteiger charge is -2.14. The van der Waals surface area contributed by atoms with Gasteiger partial charge in [-0.25, -0.2) is 0 Å². The molecular weight excluding hydrogens is 142 g/mol. The zero-order valence-corrected chi connectivity index (χ0v) is 7.31. The van der Waals surface area contributed by atoms with Crippen LogP contribution in [0.5, 0.6) is 0 Å². The van der Waals surface area contributed by atoms with Crippen LogP contribution >= 0.6 is 0 Å². The van der Waals surface area contributed by atoms with Crippen LogP contribution in [0.3, 0.4) is 0 Å². The summed E-state index contributed by atoms with van der Waals surface area (Å²) in [4.78, 5) is 11.2. The summed E-state index contributed by atoms with van der Waals surface area (Å²) in [6.45, 7) is 4.47. The van der Waals surface area contributed by atoms with Gasteiger partial charge in [0, 0.05) is 6.54 Å². The van der Waals surface area contributed by atoms with Crippen molar-refractivity contribution in [3.05, 3.63) is 0 Å². The minimum Gasteiger partial charge on any atom is -0.469 e. The number of ether oxygens (including phenoxy) is 1. The Hall–Kier alpha value is -0.570. The van der Waals surface area contributed by atoms with Crippen molar-refractivity contribution in [3.8, 4) is 0 Å². The Bertz CT molecular complexity index is 189. The Morgan fingerprint density at radius 1 is 1.64 bits per heavy atom. The van der Waals surface area contributed by atoms with Crippen LogP contribution in [0, 0.1) is 10.8 Å². The number of methoxy groups -OCH3 is 1. The number of hydrogen-bond donors (Lipinski definition) is 1. The standard InChI is InChI=1S/C8H15NO2/c1-7(2)4-8(7,5-9)6(10)11-3/h4-5,9H2,1-3H3/t8-/m1/s1. The maximum Gasteiger partial charge on any atom is 0.313 e. The van der Waals surface area contributed by atoms with E-state index in [1.807, 2.05) is 13.8 Å². The summed E-state index contributed by atoms with van der Waals surface area (Å²) in [6.07, 6.45) is 0.850. The minimum atomic E-state index is -0.387. The molecule has 0 aromatic rings. The van der Waals surface area contributed by atoms with Crippen LogP contribution < -0.4 is 5.73 Å². The van der Waals surface area contributed by atoms with Gasteiger partial charge >= 0.3 is 5.97 Å². The smallest absolute Gasteiger partial charge is 0.313 e. The van der Waals surface area contributed by atoms with Crippen molar-refractivity contribution in [1.29, 1.82) is 0 Å². The van der Waals surface area contributed by atoms with Gasteiger partial charge in [0.1, 0.15) is 0 Å². The van der Waals surface area contributed by atoms with Crippen molar-refractivity contribution in [2.24, 2.45) is 16.6 Å². The second-order valence-electron chi connectivity index (χ2n) is 3.84. The fourth-order valence-corrected chi connectivity index (χ4v) is 1.69. The molecule has 0 aromatic heterocycles. The maximum atomic E-state index is 11.2. The zero-order valence-electron chi connectivity index (χ0n) is 7.31. The molecule has 3 nitrogen and oxygen atoms in total. The van der Waals surface area contributed by atoms with Crippen LogP contribution in [-0.4, -0.2) is 19.6 Å². The van der Waals surface area contributed by atoms with Gasteiger partial charge in [0.15, 0.2) is 0 Å². The third kappa shape index (κ3) is 0.948. The van der Waals surface area contributed by atoms with Gasteiger partial charge in [-0.05, 0) is 11.8 Å². The van der Waals surface area contributed by atoms with Crippen LogP contribution in [0.1, 0.15) is 20.3 Å². The van der Waals surface area contributed by atoms with Crippen molar-refractivity contribution >= 4 is 5.97 Å². The monoisotopic (exact) mass is 157 g/mol. The third-order valence-electron chi connectivity index (χ3n) is 2.84. The first-order chi connectivity index (χ1) is 5.00. The summed E-state index contributed by atoms with van der Waals surface area (Å²) >= 11 is 0. The molecule has 3 heteroatoms. The predicted octanol–water partition coefficient (Wildman–Crippen LogP) is 0.534. The molecule has 0 aliphatic heterocycles. The molecule has 0 spiro atoms. The summed E-state index contributed by atoms with van der Waals surface area (Å²) in [5.41, 5.74) is 5.17. The Kier molecular flexibility index (Phi) is 1.71. The summed E-state index contributed by atoms with van der Waals surface area (Å²) in [6, 6.07) is 0. The Balaban J connectivity index is 2.75. The van der Waals surface area contributed by atoms with Crippen LogP contribution in [0.15, 0.2) is 0 Å². The van der Waals surface area contributed by atoms with Gasteiger partial charge in [0.25, 0.3) is 0 Å². The van der Waals surface area contributed by atoms with Crippen molar-refractivity contribution in [2.45, 2.75) is 20.3 Å². The minimum absolute atomic E-state index is 0.0366. The topological polar surface area (TPSA) is 52.3 Å². The lowest BCUT2D eigenvalue weighted by molar-refractivity contribution is -0.148. The largest absolute Gasteiger partial charge is 0.469 e. The molecule has 0 amide bonds. The highest BCUT2D eigenvalue weighted by Crippen LogP contribution is 2.63. The molecule has 64 valence electrons. The van der Waals surface area contributed by atoms with E-state index in [2.05, 4.69) is 4.74 Å². The van der Waals surface area contributed by atoms with Crippen molar-refractivity contribution in [1.82, 2.24) is 0 Å². The predicted molar refractivity (Wildman–Crippen MR) is 41.9 cm³/mol. The van der Waals surface area contributed by atoms with E-state index < -0.39 is 0 Å². The molecule has 1 rings (SSSR count). The van der Waals surface area contributed by atoms with E-state index in [4.69, 9.17) is 5.73 Å². The highest BCUT2D eigenvalue weighted by atomic mass is 16.5. The Morgan fingerprint density at radius 2 is 2.09 bits per heavy atom. The first-order valence-electron chi connectivity index (χ1n) is 3.79. The molecule has 0 saturated heterocycles. The van der Waals surface area contributed by atoms with Crippen molar-refractivity contribution in [3.63, 3.8) is 0 Å². The van der Waals surface area contributed by atoms with Gasteiger partial charge in [-0.15, -0.1) is 0 Å². The average Bonchev–Trinajstić information content (AvgIpc) is 2.53. The number of esters is 1. The van der Waals surface area contributed by atoms with Gasteiger partial charge in [-0.2, -0.15) is 0 Å². The molecule has 0 bridgehead atoms. The van der Waals surface area contributed by atoms with Gasteiger partial charge < -0.3 is 10.5 Å². The van der Waals surface area contributed by atoms with E-state index in [-0.39, 0.29) is 16.8 Å². The molecule has 1 aliphatic carbocycles. The zero-order chi connectivity index (χ0) is 8.70. The van der Waals surface area contributed by atoms with Crippen molar-refractivity contribution < 1.29 is 9.53 Å². The fourth-order valence-electron chi connectivity index (χ4n) is 1.69. The molecule has 1 fully saturated rings. The van der Waals surface area contributed by atoms with E-state index in [1.54, 1.807) is 0 Å². The van der Waals surface area contributed by atoms with E-state index in [1.165, 1.54) is 7.11 Å². The molecule has 1 atom stereocenters. The molecule has 2 N–H and O–H groups in total. The molecule has 1 saturated carbocycles. The van der Waals surface area contributed by atoms with Crippen molar-refractivity contribution in [2.75, 3.05) is 13.7 Å². The lowest BCUT2D eigenvalue weighted by Crippen LogP contribution is -2.30. The van der Waals surface area contributed by atoms with Crippen LogP contribution in [-0.2, 0) is 9.53 Å². The fraction of sp³-hybridized carbons (Fsp3) is 0.875. The molecule has 0 radical (unpaired) electrons. The molecule has 0 aromatic carbocycles. The van der Waals surface area contributed by atoms with Gasteiger partial charge in [-0.3, -0.25) is 4.79 Å². The summed E-state index contributed by atoms with van der Waals surface area (Å²) in [7, 11) is 1.41. The number of carbonyl (C=O) groups excluding carboxylic acids is 1. The molecule has 0 heterocycles. The van der Waals surface area contributed by atoms with E-state index in [9.17, 15) is 4.79 Å². The van der Waals surface area contributed by atoms with Gasteiger partial charge in [0.2, 0.25) is 0 Å². The maximum absolute atomic E-state index is 11.2. The normalized spacial score (nSPS) is 33.1. The molecule has 11 heavy (non-hydrogen) atoms. The summed E-state index contributed by atoms with van der Waals surface area (Å²) < 4.78 is 4.69. The summed E-state index contributed by atoms with van der Waals surface area (Å²) in [5, 5.41) is 0. The SMILES string of the molecule is COC(=O)[C@]1(CN)CC1(C)C. The molecule has 1 aliphatic rings. The highest BCUT2D eigenvalue weighted by Gasteiger charge is 2.66. The molecule has 0 unspecified atom stereocenters. The van der Waals surface area contributed by atoms with E-state index in [0.717, 1.165) is 6.42 Å². The third-order valence-corrected chi connectivity index (χ3v) is 2.84. The average molecular weight is 157 g/mol. The first-order valence-corrected chi connectivity index (χ1v) is 3.79. The summed E-state index contributed by atoms with van der Waals surface area (Å²) in [5.74, 6) is -0.162. The lowest BCUT2D eigenvalue weighted by atomic mass is 9.96. The van der Waals surface area contributed by atoms with E-state index in [0.29, 0.717) is 6.54 Å². The number of nitrogens with two attached hydrogens (primary N) is 1. The van der Waals surface area contributed by atoms with Crippen LogP contribution in [0.2, 0.25) is 0 Å². The highest BCUT2D eigenvalue weighted by molar-refractivity contribution is 5.81. The van der Waals surface area contributed by atoms with E-state index >= 15 is 0 Å². The van der Waals surface area contributed by atoms with Crippen LogP contribution in [0.25, 0.3) is 0 Å². The molecular formula is C8H15NO2. The number of rotatable bonds is 2. The second kappa shape index (κ2) is 2.21. The number of hydrogen-bond acceptors (Lipinski definition) is 3. The quantitative estimate of drug-likeness (QED) is 0.595. The first kappa shape index (κ1) is 8.53. The Labute approximate surface area is 66.9 Å². The Morgan fingerprint density at radius 3 is 2.18 bits per heavy atom. The number of carbonyl (C=O) groups is 1.